The van der Waals surface area contributed by atoms with E-state index in [2.05, 4.69) is 19.2 Å². The van der Waals surface area contributed by atoms with Crippen LogP contribution in [-0.4, -0.2) is 18.3 Å². The van der Waals surface area contributed by atoms with Gasteiger partial charge in [-0.2, -0.15) is 0 Å². The van der Waals surface area contributed by atoms with Crippen LogP contribution >= 0.6 is 0 Å². The SMILES string of the molecule is CC(C)(C)Oc1ccc([C@@H]2NC(=O)OCC2(C)C)cc1. The Balaban J connectivity index is 2.18. The summed E-state index contributed by atoms with van der Waals surface area (Å²) in [6.07, 6.45) is -0.357. The molecule has 20 heavy (non-hydrogen) atoms. The van der Waals surface area contributed by atoms with Crippen LogP contribution < -0.4 is 10.1 Å². The molecule has 0 radical (unpaired) electrons. The van der Waals surface area contributed by atoms with E-state index in [-0.39, 0.29) is 23.2 Å². The lowest BCUT2D eigenvalue weighted by molar-refractivity contribution is 0.0387. The number of cyclic esters (lactones) is 1. The van der Waals surface area contributed by atoms with E-state index in [1.54, 1.807) is 0 Å². The molecule has 0 spiro atoms. The van der Waals surface area contributed by atoms with Crippen LogP contribution in [0.5, 0.6) is 5.75 Å². The third-order valence-electron chi connectivity index (χ3n) is 3.26. The first kappa shape index (κ1) is 14.7. The van der Waals surface area contributed by atoms with Crippen LogP contribution in [0.3, 0.4) is 0 Å². The first-order chi connectivity index (χ1) is 9.17. The quantitative estimate of drug-likeness (QED) is 0.897. The van der Waals surface area contributed by atoms with Crippen molar-refractivity contribution in [1.82, 2.24) is 5.32 Å². The van der Waals surface area contributed by atoms with Crippen molar-refractivity contribution in [2.45, 2.75) is 46.3 Å². The van der Waals surface area contributed by atoms with Gasteiger partial charge in [0.1, 0.15) is 18.0 Å². The molecule has 1 aliphatic rings. The van der Waals surface area contributed by atoms with Gasteiger partial charge < -0.3 is 14.8 Å². The Kier molecular flexibility index (Phi) is 3.67. The molecule has 1 heterocycles. The molecule has 0 bridgehead atoms. The van der Waals surface area contributed by atoms with Gasteiger partial charge in [0.15, 0.2) is 0 Å². The van der Waals surface area contributed by atoms with Gasteiger partial charge in [-0.25, -0.2) is 4.79 Å². The first-order valence-corrected chi connectivity index (χ1v) is 6.90. The third-order valence-corrected chi connectivity index (χ3v) is 3.26. The first-order valence-electron chi connectivity index (χ1n) is 6.90. The molecule has 1 N–H and O–H groups in total. The number of alkyl carbamates (subject to hydrolysis) is 1. The van der Waals surface area contributed by atoms with Crippen LogP contribution in [0, 0.1) is 5.41 Å². The molecule has 2 rings (SSSR count). The summed E-state index contributed by atoms with van der Waals surface area (Å²) in [5.41, 5.74) is 0.710. The van der Waals surface area contributed by atoms with Gasteiger partial charge in [0.2, 0.25) is 0 Å². The highest BCUT2D eigenvalue weighted by Gasteiger charge is 2.37. The van der Waals surface area contributed by atoms with Crippen molar-refractivity contribution in [2.24, 2.45) is 5.41 Å². The van der Waals surface area contributed by atoms with Crippen molar-refractivity contribution in [2.75, 3.05) is 6.61 Å². The second kappa shape index (κ2) is 5.00. The highest BCUT2D eigenvalue weighted by Crippen LogP contribution is 2.37. The molecule has 1 amide bonds. The van der Waals surface area contributed by atoms with E-state index >= 15 is 0 Å². The maximum atomic E-state index is 11.4. The predicted octanol–water partition coefficient (Wildman–Crippen LogP) is 3.67. The number of amides is 1. The fourth-order valence-electron chi connectivity index (χ4n) is 2.31. The van der Waals surface area contributed by atoms with Crippen molar-refractivity contribution in [3.8, 4) is 5.75 Å². The van der Waals surface area contributed by atoms with E-state index in [9.17, 15) is 4.79 Å². The predicted molar refractivity (Wildman–Crippen MR) is 77.8 cm³/mol. The zero-order chi connectivity index (χ0) is 15.0. The van der Waals surface area contributed by atoms with Crippen LogP contribution in [0.2, 0.25) is 0 Å². The minimum absolute atomic E-state index is 0.0487. The summed E-state index contributed by atoms with van der Waals surface area (Å²) in [5, 5.41) is 2.89. The molecule has 1 aliphatic heterocycles. The second-order valence-corrected chi connectivity index (χ2v) is 6.93. The molecule has 110 valence electrons. The smallest absolute Gasteiger partial charge is 0.407 e. The number of benzene rings is 1. The lowest BCUT2D eigenvalue weighted by Crippen LogP contribution is -2.46. The van der Waals surface area contributed by atoms with Gasteiger partial charge in [0.05, 0.1) is 6.04 Å². The number of carbonyl (C=O) groups excluding carboxylic acids is 1. The minimum Gasteiger partial charge on any atom is -0.488 e. The van der Waals surface area contributed by atoms with Crippen LogP contribution in [0.15, 0.2) is 24.3 Å². The number of ether oxygens (including phenoxy) is 2. The lowest BCUT2D eigenvalue weighted by atomic mass is 9.80. The maximum absolute atomic E-state index is 11.4. The summed E-state index contributed by atoms with van der Waals surface area (Å²) >= 11 is 0. The molecule has 1 saturated heterocycles. The number of hydrogen-bond donors (Lipinski definition) is 1. The highest BCUT2D eigenvalue weighted by molar-refractivity contribution is 5.69. The molecule has 4 heteroatoms. The van der Waals surface area contributed by atoms with E-state index < -0.39 is 0 Å². The molecule has 0 unspecified atom stereocenters. The van der Waals surface area contributed by atoms with E-state index in [0.717, 1.165) is 11.3 Å². The highest BCUT2D eigenvalue weighted by atomic mass is 16.6. The maximum Gasteiger partial charge on any atom is 0.407 e. The van der Waals surface area contributed by atoms with E-state index in [4.69, 9.17) is 9.47 Å². The Morgan fingerprint density at radius 2 is 1.85 bits per heavy atom. The van der Waals surface area contributed by atoms with Crippen LogP contribution in [0.1, 0.15) is 46.2 Å². The summed E-state index contributed by atoms with van der Waals surface area (Å²) in [6.45, 7) is 10.6. The van der Waals surface area contributed by atoms with Crippen molar-refractivity contribution in [3.63, 3.8) is 0 Å². The number of hydrogen-bond acceptors (Lipinski definition) is 3. The average Bonchev–Trinajstić information content (AvgIpc) is 2.32. The largest absolute Gasteiger partial charge is 0.488 e. The molecule has 1 atom stereocenters. The minimum atomic E-state index is -0.357. The van der Waals surface area contributed by atoms with Gasteiger partial charge in [0.25, 0.3) is 0 Å². The molecule has 0 aliphatic carbocycles. The molecule has 0 saturated carbocycles. The van der Waals surface area contributed by atoms with Crippen LogP contribution in [0.4, 0.5) is 4.79 Å². The van der Waals surface area contributed by atoms with Crippen molar-refractivity contribution >= 4 is 6.09 Å². The number of rotatable bonds is 2. The van der Waals surface area contributed by atoms with Gasteiger partial charge in [-0.05, 0) is 38.5 Å². The lowest BCUT2D eigenvalue weighted by Gasteiger charge is -2.38. The third kappa shape index (κ3) is 3.44. The fourth-order valence-corrected chi connectivity index (χ4v) is 2.31. The Labute approximate surface area is 120 Å². The fraction of sp³-hybridized carbons (Fsp3) is 0.562. The summed E-state index contributed by atoms with van der Waals surface area (Å²) in [5.74, 6) is 0.831. The zero-order valence-electron chi connectivity index (χ0n) is 12.8. The number of carbonyl (C=O) groups is 1. The molecular formula is C16H23NO3. The standard InChI is InChI=1S/C16H23NO3/c1-15(2,3)20-12-8-6-11(7-9-12)13-16(4,5)10-19-14(18)17-13/h6-9,13H,10H2,1-5H3,(H,17,18)/t13-/m0/s1. The molecule has 1 aromatic rings. The monoisotopic (exact) mass is 277 g/mol. The number of nitrogens with one attached hydrogen (secondary N) is 1. The van der Waals surface area contributed by atoms with Crippen molar-refractivity contribution < 1.29 is 14.3 Å². The van der Waals surface area contributed by atoms with E-state index in [1.807, 2.05) is 45.0 Å². The van der Waals surface area contributed by atoms with Crippen molar-refractivity contribution in [3.05, 3.63) is 29.8 Å². The zero-order valence-corrected chi connectivity index (χ0v) is 12.8. The van der Waals surface area contributed by atoms with Crippen molar-refractivity contribution in [1.29, 1.82) is 0 Å². The topological polar surface area (TPSA) is 47.6 Å². The Bertz CT molecular complexity index is 485. The summed E-state index contributed by atoms with van der Waals surface area (Å²) in [4.78, 5) is 11.4. The second-order valence-electron chi connectivity index (χ2n) is 6.93. The Hall–Kier alpha value is -1.71. The van der Waals surface area contributed by atoms with Crippen LogP contribution in [-0.2, 0) is 4.74 Å². The summed E-state index contributed by atoms with van der Waals surface area (Å²) < 4.78 is 10.9. The molecule has 4 nitrogen and oxygen atoms in total. The van der Waals surface area contributed by atoms with Gasteiger partial charge in [-0.1, -0.05) is 26.0 Å². The summed E-state index contributed by atoms with van der Waals surface area (Å²) in [6, 6.07) is 7.84. The van der Waals surface area contributed by atoms with Crippen LogP contribution in [0.25, 0.3) is 0 Å². The Morgan fingerprint density at radius 3 is 2.40 bits per heavy atom. The van der Waals surface area contributed by atoms with Gasteiger partial charge in [-0.15, -0.1) is 0 Å². The van der Waals surface area contributed by atoms with Gasteiger partial charge >= 0.3 is 6.09 Å². The van der Waals surface area contributed by atoms with Gasteiger partial charge in [0, 0.05) is 5.41 Å². The van der Waals surface area contributed by atoms with Gasteiger partial charge in [-0.3, -0.25) is 0 Å². The molecule has 1 fully saturated rings. The normalized spacial score (nSPS) is 21.9. The van der Waals surface area contributed by atoms with E-state index in [1.165, 1.54) is 0 Å². The molecule has 1 aromatic carbocycles. The molecular weight excluding hydrogens is 254 g/mol. The van der Waals surface area contributed by atoms with E-state index in [0.29, 0.717) is 6.61 Å². The average molecular weight is 277 g/mol. The molecule has 0 aromatic heterocycles. The summed E-state index contributed by atoms with van der Waals surface area (Å²) in [7, 11) is 0. The Morgan fingerprint density at radius 1 is 1.25 bits per heavy atom.